The lowest BCUT2D eigenvalue weighted by Gasteiger charge is -2.20. The van der Waals surface area contributed by atoms with E-state index >= 15 is 0 Å². The van der Waals surface area contributed by atoms with Crippen molar-refractivity contribution in [1.29, 1.82) is 0 Å². The third-order valence-corrected chi connectivity index (χ3v) is 6.40. The van der Waals surface area contributed by atoms with Gasteiger partial charge in [0.25, 0.3) is 5.91 Å². The van der Waals surface area contributed by atoms with E-state index in [4.69, 9.17) is 9.15 Å². The molecule has 0 radical (unpaired) electrons. The number of ether oxygens (including phenoxy) is 1. The van der Waals surface area contributed by atoms with Gasteiger partial charge in [0.2, 0.25) is 5.78 Å². The Bertz CT molecular complexity index is 1090. The SMILES string of the molecule is COC(=O)c1c(N[C@H](NC(=O)c2ccco2)C(=O)c2ccccc2)sc2c1CCCC2. The van der Waals surface area contributed by atoms with Crippen LogP contribution in [0.4, 0.5) is 5.00 Å². The highest BCUT2D eigenvalue weighted by Gasteiger charge is 2.30. The Morgan fingerprint density at radius 3 is 2.55 bits per heavy atom. The molecule has 0 saturated carbocycles. The molecule has 1 atom stereocenters. The Kier molecular flexibility index (Phi) is 6.18. The molecule has 0 spiro atoms. The number of fused-ring (bicyclic) bond motifs is 1. The fraction of sp³-hybridized carbons (Fsp3) is 0.261. The van der Waals surface area contributed by atoms with Gasteiger partial charge in [-0.1, -0.05) is 30.3 Å². The molecule has 1 amide bonds. The van der Waals surface area contributed by atoms with Crippen LogP contribution in [0.1, 0.15) is 54.6 Å². The smallest absolute Gasteiger partial charge is 0.341 e. The summed E-state index contributed by atoms with van der Waals surface area (Å²) in [7, 11) is 1.34. The minimum atomic E-state index is -1.09. The average molecular weight is 439 g/mol. The first kappa shape index (κ1) is 20.9. The van der Waals surface area contributed by atoms with Crippen LogP contribution in [0.2, 0.25) is 0 Å². The molecular weight excluding hydrogens is 416 g/mol. The second kappa shape index (κ2) is 9.18. The summed E-state index contributed by atoms with van der Waals surface area (Å²) in [5.41, 5.74) is 1.84. The first-order valence-electron chi connectivity index (χ1n) is 10.0. The average Bonchev–Trinajstić information content (AvgIpc) is 3.46. The van der Waals surface area contributed by atoms with Gasteiger partial charge >= 0.3 is 5.97 Å². The number of hydrogen-bond donors (Lipinski definition) is 2. The van der Waals surface area contributed by atoms with E-state index in [0.717, 1.165) is 36.1 Å². The van der Waals surface area contributed by atoms with Crippen molar-refractivity contribution in [1.82, 2.24) is 5.32 Å². The summed E-state index contributed by atoms with van der Waals surface area (Å²) in [6, 6.07) is 11.8. The highest BCUT2D eigenvalue weighted by atomic mass is 32.1. The number of nitrogens with one attached hydrogen (secondary N) is 2. The minimum Gasteiger partial charge on any atom is -0.465 e. The normalized spacial score (nSPS) is 13.7. The Morgan fingerprint density at radius 1 is 1.06 bits per heavy atom. The third kappa shape index (κ3) is 4.39. The lowest BCUT2D eigenvalue weighted by atomic mass is 9.95. The zero-order valence-corrected chi connectivity index (χ0v) is 17.8. The number of aryl methyl sites for hydroxylation is 1. The summed E-state index contributed by atoms with van der Waals surface area (Å²) >= 11 is 1.43. The van der Waals surface area contributed by atoms with Gasteiger partial charge in [-0.15, -0.1) is 11.3 Å². The van der Waals surface area contributed by atoms with Crippen molar-refractivity contribution in [2.24, 2.45) is 0 Å². The lowest BCUT2D eigenvalue weighted by Crippen LogP contribution is -2.46. The number of Topliss-reactive ketones (excluding diaryl/α,β-unsaturated/α-hetero) is 1. The first-order chi connectivity index (χ1) is 15.1. The number of carbonyl (C=O) groups excluding carboxylic acids is 3. The highest BCUT2D eigenvalue weighted by Crippen LogP contribution is 2.39. The van der Waals surface area contributed by atoms with Crippen LogP contribution >= 0.6 is 11.3 Å². The molecular formula is C23H22N2O5S. The van der Waals surface area contributed by atoms with Crippen LogP contribution in [-0.4, -0.2) is 30.9 Å². The molecule has 8 heteroatoms. The maximum Gasteiger partial charge on any atom is 0.341 e. The van der Waals surface area contributed by atoms with Crippen LogP contribution in [0.5, 0.6) is 0 Å². The second-order valence-corrected chi connectivity index (χ2v) is 8.27. The van der Waals surface area contributed by atoms with Gasteiger partial charge in [-0.05, 0) is 43.4 Å². The van der Waals surface area contributed by atoms with Crippen molar-refractivity contribution < 1.29 is 23.5 Å². The van der Waals surface area contributed by atoms with E-state index in [2.05, 4.69) is 10.6 Å². The largest absolute Gasteiger partial charge is 0.465 e. The quantitative estimate of drug-likeness (QED) is 0.328. The number of amides is 1. The molecule has 0 saturated heterocycles. The van der Waals surface area contributed by atoms with E-state index in [1.807, 2.05) is 6.07 Å². The fourth-order valence-electron chi connectivity index (χ4n) is 3.66. The standard InChI is InChI=1S/C23H22N2O5S/c1-29-23(28)18-15-10-5-6-12-17(15)31-22(18)25-20(19(26)14-8-3-2-4-9-14)24-21(27)16-11-7-13-30-16/h2-4,7-9,11,13,20,25H,5-6,10,12H2,1H3,(H,24,27)/t20-/m0/s1. The van der Waals surface area contributed by atoms with Gasteiger partial charge in [-0.3, -0.25) is 9.59 Å². The van der Waals surface area contributed by atoms with Crippen molar-refractivity contribution in [2.75, 3.05) is 12.4 Å². The molecule has 0 unspecified atom stereocenters. The number of esters is 1. The number of furan rings is 1. The maximum absolute atomic E-state index is 13.2. The predicted octanol–water partition coefficient (Wildman–Crippen LogP) is 4.06. The number of benzene rings is 1. The Morgan fingerprint density at radius 2 is 1.84 bits per heavy atom. The number of thiophene rings is 1. The summed E-state index contributed by atoms with van der Waals surface area (Å²) in [4.78, 5) is 39.5. The summed E-state index contributed by atoms with van der Waals surface area (Å²) < 4.78 is 10.2. The van der Waals surface area contributed by atoms with Crippen LogP contribution in [0.3, 0.4) is 0 Å². The van der Waals surface area contributed by atoms with Crippen LogP contribution in [-0.2, 0) is 17.6 Å². The van der Waals surface area contributed by atoms with E-state index in [1.165, 1.54) is 30.8 Å². The molecule has 2 aromatic heterocycles. The molecule has 0 fully saturated rings. The van der Waals surface area contributed by atoms with Crippen LogP contribution in [0.15, 0.2) is 53.1 Å². The lowest BCUT2D eigenvalue weighted by molar-refractivity contribution is 0.0600. The van der Waals surface area contributed by atoms with E-state index in [1.54, 1.807) is 30.3 Å². The number of methoxy groups -OCH3 is 1. The van der Waals surface area contributed by atoms with Crippen molar-refractivity contribution in [3.05, 3.63) is 76.1 Å². The van der Waals surface area contributed by atoms with E-state index in [-0.39, 0.29) is 11.5 Å². The highest BCUT2D eigenvalue weighted by molar-refractivity contribution is 7.16. The van der Waals surface area contributed by atoms with Gasteiger partial charge in [0.05, 0.1) is 18.9 Å². The molecule has 1 aromatic carbocycles. The summed E-state index contributed by atoms with van der Waals surface area (Å²) in [6.45, 7) is 0. The van der Waals surface area contributed by atoms with E-state index in [9.17, 15) is 14.4 Å². The number of ketones is 1. The van der Waals surface area contributed by atoms with Crippen molar-refractivity contribution in [3.63, 3.8) is 0 Å². The van der Waals surface area contributed by atoms with Gasteiger partial charge in [0.15, 0.2) is 11.9 Å². The van der Waals surface area contributed by atoms with Crippen LogP contribution in [0, 0.1) is 0 Å². The van der Waals surface area contributed by atoms with Crippen LogP contribution < -0.4 is 10.6 Å². The molecule has 4 rings (SSSR count). The third-order valence-electron chi connectivity index (χ3n) is 5.18. The molecule has 160 valence electrons. The van der Waals surface area contributed by atoms with Gasteiger partial charge in [0.1, 0.15) is 5.00 Å². The minimum absolute atomic E-state index is 0.0892. The first-order valence-corrected chi connectivity index (χ1v) is 10.8. The van der Waals surface area contributed by atoms with E-state index in [0.29, 0.717) is 16.1 Å². The zero-order chi connectivity index (χ0) is 21.8. The molecule has 7 nitrogen and oxygen atoms in total. The number of anilines is 1. The molecule has 1 aliphatic rings. The summed E-state index contributed by atoms with van der Waals surface area (Å²) in [6.07, 6.45) is 4.00. The Labute approximate surface area is 183 Å². The van der Waals surface area contributed by atoms with Gasteiger partial charge in [0, 0.05) is 10.4 Å². The monoisotopic (exact) mass is 438 g/mol. The summed E-state index contributed by atoms with van der Waals surface area (Å²) in [5, 5.41) is 6.32. The van der Waals surface area contributed by atoms with Crippen molar-refractivity contribution in [2.45, 2.75) is 31.8 Å². The van der Waals surface area contributed by atoms with Crippen molar-refractivity contribution >= 4 is 34.0 Å². The molecule has 3 aromatic rings. The number of hydrogen-bond acceptors (Lipinski definition) is 7. The second-order valence-electron chi connectivity index (χ2n) is 7.16. The molecule has 2 N–H and O–H groups in total. The number of rotatable bonds is 7. The van der Waals surface area contributed by atoms with Gasteiger partial charge < -0.3 is 19.8 Å². The summed E-state index contributed by atoms with van der Waals surface area (Å²) in [5.74, 6) is -1.23. The maximum atomic E-state index is 13.2. The Balaban J connectivity index is 1.69. The molecule has 31 heavy (non-hydrogen) atoms. The van der Waals surface area contributed by atoms with Crippen molar-refractivity contribution in [3.8, 4) is 0 Å². The van der Waals surface area contributed by atoms with Gasteiger partial charge in [-0.2, -0.15) is 0 Å². The Hall–Kier alpha value is -3.39. The number of carbonyl (C=O) groups is 3. The van der Waals surface area contributed by atoms with Crippen LogP contribution in [0.25, 0.3) is 0 Å². The predicted molar refractivity (Wildman–Crippen MR) is 117 cm³/mol. The fourth-order valence-corrected chi connectivity index (χ4v) is 4.97. The van der Waals surface area contributed by atoms with E-state index < -0.39 is 18.0 Å². The molecule has 0 bridgehead atoms. The van der Waals surface area contributed by atoms with Gasteiger partial charge in [-0.25, -0.2) is 4.79 Å². The topological polar surface area (TPSA) is 97.6 Å². The zero-order valence-electron chi connectivity index (χ0n) is 17.0. The molecule has 0 aliphatic heterocycles. The molecule has 2 heterocycles. The molecule has 1 aliphatic carbocycles.